The summed E-state index contributed by atoms with van der Waals surface area (Å²) < 4.78 is 1.97. The van der Waals surface area contributed by atoms with Gasteiger partial charge < -0.3 is 5.32 Å². The summed E-state index contributed by atoms with van der Waals surface area (Å²) in [6.45, 7) is 6.02. The van der Waals surface area contributed by atoms with Crippen LogP contribution in [0.3, 0.4) is 0 Å². The second kappa shape index (κ2) is 9.14. The first kappa shape index (κ1) is 20.8. The number of nitrogens with zero attached hydrogens (tertiary/aromatic N) is 4. The molecular formula is C24H23N5OS. The van der Waals surface area contributed by atoms with Gasteiger partial charge in [0.15, 0.2) is 11.0 Å². The maximum Gasteiger partial charge on any atom is 0.234 e. The highest BCUT2D eigenvalue weighted by molar-refractivity contribution is 7.99. The molecule has 0 bridgehead atoms. The number of para-hydroxylation sites is 2. The number of hydrogen-bond acceptors (Lipinski definition) is 5. The molecule has 0 aliphatic heterocycles. The average Bonchev–Trinajstić information content (AvgIpc) is 3.19. The van der Waals surface area contributed by atoms with Crippen LogP contribution in [0.25, 0.3) is 17.2 Å². The van der Waals surface area contributed by atoms with Crippen LogP contribution in [0, 0.1) is 20.8 Å². The van der Waals surface area contributed by atoms with Crippen LogP contribution in [-0.2, 0) is 4.79 Å². The van der Waals surface area contributed by atoms with Gasteiger partial charge in [0, 0.05) is 11.9 Å². The number of anilines is 1. The molecule has 0 aliphatic carbocycles. The Morgan fingerprint density at radius 2 is 1.61 bits per heavy atom. The maximum absolute atomic E-state index is 12.7. The number of thioether (sulfide) groups is 1. The number of nitrogens with one attached hydrogen (secondary N) is 1. The smallest absolute Gasteiger partial charge is 0.234 e. The van der Waals surface area contributed by atoms with Crippen LogP contribution >= 0.6 is 11.8 Å². The molecule has 2 aromatic carbocycles. The Hall–Kier alpha value is -3.45. The van der Waals surface area contributed by atoms with Gasteiger partial charge >= 0.3 is 0 Å². The van der Waals surface area contributed by atoms with Gasteiger partial charge in [-0.2, -0.15) is 0 Å². The lowest BCUT2D eigenvalue weighted by Gasteiger charge is -2.13. The molecule has 1 amide bonds. The summed E-state index contributed by atoms with van der Waals surface area (Å²) >= 11 is 1.35. The number of aromatic nitrogens is 4. The van der Waals surface area contributed by atoms with Crippen molar-refractivity contribution in [2.75, 3.05) is 11.1 Å². The van der Waals surface area contributed by atoms with Crippen molar-refractivity contribution in [3.8, 4) is 17.2 Å². The van der Waals surface area contributed by atoms with E-state index in [1.165, 1.54) is 11.8 Å². The minimum atomic E-state index is -0.0823. The summed E-state index contributed by atoms with van der Waals surface area (Å²) in [5.74, 6) is 0.786. The molecule has 4 aromatic rings. The van der Waals surface area contributed by atoms with E-state index in [9.17, 15) is 4.79 Å². The highest BCUT2D eigenvalue weighted by atomic mass is 32.2. The van der Waals surface area contributed by atoms with Crippen molar-refractivity contribution in [2.24, 2.45) is 0 Å². The first-order chi connectivity index (χ1) is 15.0. The molecule has 0 radical (unpaired) electrons. The molecule has 31 heavy (non-hydrogen) atoms. The van der Waals surface area contributed by atoms with E-state index in [0.717, 1.165) is 33.8 Å². The molecule has 0 atom stereocenters. The van der Waals surface area contributed by atoms with Crippen LogP contribution in [0.2, 0.25) is 0 Å². The fourth-order valence-corrected chi connectivity index (χ4v) is 4.12. The number of rotatable bonds is 6. The summed E-state index contributed by atoms with van der Waals surface area (Å²) in [5, 5.41) is 12.4. The van der Waals surface area contributed by atoms with Crippen LogP contribution < -0.4 is 5.32 Å². The molecule has 7 heteroatoms. The van der Waals surface area contributed by atoms with Crippen molar-refractivity contribution >= 4 is 23.4 Å². The Bertz CT molecular complexity index is 1200. The molecule has 0 aliphatic rings. The number of benzene rings is 2. The zero-order valence-corrected chi connectivity index (χ0v) is 18.5. The summed E-state index contributed by atoms with van der Waals surface area (Å²) in [6.07, 6.45) is 1.73. The Labute approximate surface area is 185 Å². The van der Waals surface area contributed by atoms with Crippen molar-refractivity contribution in [1.29, 1.82) is 0 Å². The summed E-state index contributed by atoms with van der Waals surface area (Å²) in [6, 6.07) is 19.7. The van der Waals surface area contributed by atoms with E-state index in [4.69, 9.17) is 0 Å². The standard InChI is InChI=1S/C24H23N5OS/c1-16-9-4-5-13-20(16)29-23(19-12-6-7-14-25-19)27-28-24(29)31-15-21(30)26-22-17(2)10-8-11-18(22)3/h4-14H,15H2,1-3H3,(H,26,30). The second-order valence-electron chi connectivity index (χ2n) is 7.25. The number of carbonyl (C=O) groups is 1. The van der Waals surface area contributed by atoms with Crippen molar-refractivity contribution in [3.63, 3.8) is 0 Å². The number of hydrogen-bond donors (Lipinski definition) is 1. The lowest BCUT2D eigenvalue weighted by molar-refractivity contribution is -0.113. The highest BCUT2D eigenvalue weighted by Gasteiger charge is 2.19. The average molecular weight is 430 g/mol. The zero-order chi connectivity index (χ0) is 21.8. The lowest BCUT2D eigenvalue weighted by atomic mass is 10.1. The zero-order valence-electron chi connectivity index (χ0n) is 17.7. The molecule has 1 N–H and O–H groups in total. The first-order valence-electron chi connectivity index (χ1n) is 9.96. The van der Waals surface area contributed by atoms with Crippen LogP contribution in [0.4, 0.5) is 5.69 Å². The molecule has 2 heterocycles. The number of aryl methyl sites for hydroxylation is 3. The first-order valence-corrected chi connectivity index (χ1v) is 10.9. The quantitative estimate of drug-likeness (QED) is 0.437. The van der Waals surface area contributed by atoms with Crippen LogP contribution in [0.15, 0.2) is 72.0 Å². The molecule has 156 valence electrons. The molecule has 0 fully saturated rings. The van der Waals surface area contributed by atoms with Gasteiger partial charge in [-0.3, -0.25) is 14.3 Å². The minimum absolute atomic E-state index is 0.0823. The minimum Gasteiger partial charge on any atom is -0.325 e. The van der Waals surface area contributed by atoms with Gasteiger partial charge in [-0.1, -0.05) is 54.2 Å². The Morgan fingerprint density at radius 3 is 2.32 bits per heavy atom. The second-order valence-corrected chi connectivity index (χ2v) is 8.19. The van der Waals surface area contributed by atoms with Crippen molar-refractivity contribution < 1.29 is 4.79 Å². The van der Waals surface area contributed by atoms with E-state index in [-0.39, 0.29) is 11.7 Å². The number of amides is 1. The van der Waals surface area contributed by atoms with E-state index in [1.807, 2.05) is 86.0 Å². The van der Waals surface area contributed by atoms with Gasteiger partial charge in [-0.15, -0.1) is 10.2 Å². The SMILES string of the molecule is Cc1ccccc1-n1c(SCC(=O)Nc2c(C)cccc2C)nnc1-c1ccccn1. The fourth-order valence-electron chi connectivity index (χ4n) is 3.37. The predicted octanol–water partition coefficient (Wildman–Crippen LogP) is 4.99. The third kappa shape index (κ3) is 4.51. The van der Waals surface area contributed by atoms with Gasteiger partial charge in [0.25, 0.3) is 0 Å². The maximum atomic E-state index is 12.7. The van der Waals surface area contributed by atoms with E-state index < -0.39 is 0 Å². The van der Waals surface area contributed by atoms with Gasteiger partial charge in [0.2, 0.25) is 5.91 Å². The molecule has 0 spiro atoms. The van der Waals surface area contributed by atoms with E-state index in [1.54, 1.807) is 6.20 Å². The molecule has 2 aromatic heterocycles. The summed E-state index contributed by atoms with van der Waals surface area (Å²) in [5.41, 5.74) is 5.72. The molecule has 6 nitrogen and oxygen atoms in total. The van der Waals surface area contributed by atoms with E-state index >= 15 is 0 Å². The van der Waals surface area contributed by atoms with Gasteiger partial charge in [-0.05, 0) is 55.7 Å². The number of pyridine rings is 1. The van der Waals surface area contributed by atoms with Crippen LogP contribution in [0.5, 0.6) is 0 Å². The Kier molecular flexibility index (Phi) is 6.13. The monoisotopic (exact) mass is 429 g/mol. The van der Waals surface area contributed by atoms with Crippen LogP contribution in [0.1, 0.15) is 16.7 Å². The molecule has 0 saturated heterocycles. The topological polar surface area (TPSA) is 72.7 Å². The highest BCUT2D eigenvalue weighted by Crippen LogP contribution is 2.29. The lowest BCUT2D eigenvalue weighted by Crippen LogP contribution is -2.16. The van der Waals surface area contributed by atoms with Crippen LogP contribution in [-0.4, -0.2) is 31.4 Å². The normalized spacial score (nSPS) is 10.8. The van der Waals surface area contributed by atoms with Crippen molar-refractivity contribution in [3.05, 3.63) is 83.6 Å². The Morgan fingerprint density at radius 1 is 0.903 bits per heavy atom. The summed E-state index contributed by atoms with van der Waals surface area (Å²) in [7, 11) is 0. The van der Waals surface area contributed by atoms with Gasteiger partial charge in [-0.25, -0.2) is 0 Å². The van der Waals surface area contributed by atoms with E-state index in [2.05, 4.69) is 20.5 Å². The van der Waals surface area contributed by atoms with Crippen molar-refractivity contribution in [2.45, 2.75) is 25.9 Å². The Balaban J connectivity index is 1.62. The molecule has 0 saturated carbocycles. The number of carbonyl (C=O) groups excluding carboxylic acids is 1. The molecular weight excluding hydrogens is 406 g/mol. The third-order valence-electron chi connectivity index (χ3n) is 4.96. The van der Waals surface area contributed by atoms with Crippen molar-refractivity contribution in [1.82, 2.24) is 19.7 Å². The van der Waals surface area contributed by atoms with Gasteiger partial charge in [0.05, 0.1) is 11.4 Å². The third-order valence-corrected chi connectivity index (χ3v) is 5.89. The fraction of sp³-hybridized carbons (Fsp3) is 0.167. The molecule has 0 unspecified atom stereocenters. The summed E-state index contributed by atoms with van der Waals surface area (Å²) in [4.78, 5) is 17.1. The predicted molar refractivity (Wildman–Crippen MR) is 125 cm³/mol. The van der Waals surface area contributed by atoms with E-state index in [0.29, 0.717) is 11.0 Å². The largest absolute Gasteiger partial charge is 0.325 e. The molecule has 4 rings (SSSR count). The van der Waals surface area contributed by atoms with Gasteiger partial charge in [0.1, 0.15) is 5.69 Å².